The molecule has 1 aliphatic heterocycles. The molecule has 2 saturated carbocycles. The van der Waals surface area contributed by atoms with Crippen molar-refractivity contribution in [2.75, 3.05) is 17.2 Å². The molecule has 5 atom stereocenters. The quantitative estimate of drug-likeness (QED) is 0.450. The number of likely N-dealkylation sites (tertiary alicyclic amines) is 1. The lowest BCUT2D eigenvalue weighted by atomic mass is 9.73. The second-order valence-electron chi connectivity index (χ2n) is 11.1. The Kier molecular flexibility index (Phi) is 6.29. The lowest BCUT2D eigenvalue weighted by molar-refractivity contribution is -0.143. The highest BCUT2D eigenvalue weighted by Gasteiger charge is 2.63. The summed E-state index contributed by atoms with van der Waals surface area (Å²) in [6.45, 7) is 3.71. The Labute approximate surface area is 227 Å². The maximum absolute atomic E-state index is 13.3. The number of fused-ring (bicyclic) bond motifs is 5. The minimum Gasteiger partial charge on any atom is -0.325 e. The predicted octanol–water partition coefficient (Wildman–Crippen LogP) is 4.92. The molecule has 0 radical (unpaired) electrons. The summed E-state index contributed by atoms with van der Waals surface area (Å²) in [5, 5.41) is 5.64. The van der Waals surface area contributed by atoms with Crippen molar-refractivity contribution in [2.45, 2.75) is 32.6 Å². The minimum absolute atomic E-state index is 0.148. The highest BCUT2D eigenvalue weighted by molar-refractivity contribution is 6.09. The molecule has 1 heterocycles. The molecule has 198 valence electrons. The third-order valence-corrected chi connectivity index (χ3v) is 8.83. The van der Waals surface area contributed by atoms with E-state index in [9.17, 15) is 19.2 Å². The fraction of sp³-hybridized carbons (Fsp3) is 0.312. The lowest BCUT2D eigenvalue weighted by Crippen LogP contribution is -2.39. The van der Waals surface area contributed by atoms with Crippen molar-refractivity contribution in [1.82, 2.24) is 4.90 Å². The summed E-state index contributed by atoms with van der Waals surface area (Å²) >= 11 is 0. The number of nitrogens with zero attached hydrogens (tertiary/aromatic N) is 1. The average molecular weight is 522 g/mol. The number of anilines is 2. The van der Waals surface area contributed by atoms with Gasteiger partial charge in [0, 0.05) is 16.9 Å². The zero-order valence-electron chi connectivity index (χ0n) is 22.0. The molecule has 0 aromatic heterocycles. The van der Waals surface area contributed by atoms with Gasteiger partial charge in [-0.15, -0.1) is 0 Å². The van der Waals surface area contributed by atoms with Crippen molar-refractivity contribution in [2.24, 2.45) is 23.7 Å². The number of imide groups is 1. The Bertz CT molecular complexity index is 1470. The molecule has 1 saturated heterocycles. The summed E-state index contributed by atoms with van der Waals surface area (Å²) in [5.74, 6) is -1.12. The zero-order valence-corrected chi connectivity index (χ0v) is 22.0. The Morgan fingerprint density at radius 1 is 0.795 bits per heavy atom. The normalized spacial score (nSPS) is 25.1. The monoisotopic (exact) mass is 521 g/mol. The fourth-order valence-electron chi connectivity index (χ4n) is 6.83. The molecule has 3 fully saturated rings. The standard InChI is InChI=1S/C32H31N3O4/c1-18-8-11-24(14-19(18)2)34-30(37)21-9-12-23(13-10-21)33-27(36)17-35-31(38)28-22-15-25(20-6-4-3-5-7-20)26(16-22)29(28)32(35)39/h3-14,22,25-26,28-29H,15-17H2,1-2H3,(H,33,36)(H,34,37)/t22-,25-,26+,28+,29+/m0/s1. The highest BCUT2D eigenvalue weighted by atomic mass is 16.2. The number of hydrogen-bond donors (Lipinski definition) is 2. The summed E-state index contributed by atoms with van der Waals surface area (Å²) in [6.07, 6.45) is 1.81. The van der Waals surface area contributed by atoms with Crippen LogP contribution in [0.4, 0.5) is 11.4 Å². The maximum atomic E-state index is 13.3. The summed E-state index contributed by atoms with van der Waals surface area (Å²) < 4.78 is 0. The Hall–Kier alpha value is -4.26. The second-order valence-corrected chi connectivity index (χ2v) is 11.1. The van der Waals surface area contributed by atoms with Gasteiger partial charge in [-0.1, -0.05) is 36.4 Å². The van der Waals surface area contributed by atoms with Gasteiger partial charge in [-0.2, -0.15) is 0 Å². The lowest BCUT2D eigenvalue weighted by Gasteiger charge is -2.28. The van der Waals surface area contributed by atoms with E-state index in [1.165, 1.54) is 5.56 Å². The molecule has 2 aliphatic carbocycles. The summed E-state index contributed by atoms with van der Waals surface area (Å²) in [4.78, 5) is 53.2. The SMILES string of the molecule is Cc1ccc(NC(=O)c2ccc(NC(=O)CN3C(=O)[C@@H]4[C@@H]5C[C@@H]([C@H]4C3=O)[C@H](c3ccccc3)C5)cc2)cc1C. The highest BCUT2D eigenvalue weighted by Crippen LogP contribution is 2.61. The van der Waals surface area contributed by atoms with E-state index >= 15 is 0 Å². The topological polar surface area (TPSA) is 95.6 Å². The van der Waals surface area contributed by atoms with Crippen molar-refractivity contribution in [3.63, 3.8) is 0 Å². The molecule has 0 spiro atoms. The van der Waals surface area contributed by atoms with Gasteiger partial charge in [0.05, 0.1) is 11.8 Å². The van der Waals surface area contributed by atoms with Crippen molar-refractivity contribution in [1.29, 1.82) is 0 Å². The van der Waals surface area contributed by atoms with Gasteiger partial charge in [-0.25, -0.2) is 0 Å². The van der Waals surface area contributed by atoms with Crippen LogP contribution in [0.25, 0.3) is 0 Å². The Morgan fingerprint density at radius 3 is 2.21 bits per heavy atom. The first-order chi connectivity index (χ1) is 18.8. The number of amides is 4. The van der Waals surface area contributed by atoms with Crippen molar-refractivity contribution < 1.29 is 19.2 Å². The molecule has 4 amide bonds. The third-order valence-electron chi connectivity index (χ3n) is 8.83. The van der Waals surface area contributed by atoms with Gasteiger partial charge < -0.3 is 10.6 Å². The fourth-order valence-corrected chi connectivity index (χ4v) is 6.83. The number of hydrogen-bond acceptors (Lipinski definition) is 4. The zero-order chi connectivity index (χ0) is 27.3. The van der Waals surface area contributed by atoms with E-state index in [1.807, 2.05) is 50.2 Å². The van der Waals surface area contributed by atoms with Crippen LogP contribution >= 0.6 is 0 Å². The van der Waals surface area contributed by atoms with Crippen molar-refractivity contribution in [3.8, 4) is 0 Å². The molecule has 39 heavy (non-hydrogen) atoms. The number of carbonyl (C=O) groups is 4. The van der Waals surface area contributed by atoms with Crippen LogP contribution in [0.2, 0.25) is 0 Å². The Balaban J connectivity index is 1.07. The molecule has 3 aliphatic rings. The first-order valence-electron chi connectivity index (χ1n) is 13.5. The largest absolute Gasteiger partial charge is 0.325 e. The first-order valence-corrected chi connectivity index (χ1v) is 13.5. The van der Waals surface area contributed by atoms with E-state index < -0.39 is 5.91 Å². The predicted molar refractivity (Wildman–Crippen MR) is 148 cm³/mol. The van der Waals surface area contributed by atoms with E-state index in [4.69, 9.17) is 0 Å². The van der Waals surface area contributed by atoms with E-state index in [2.05, 4.69) is 22.8 Å². The molecular weight excluding hydrogens is 490 g/mol. The van der Waals surface area contributed by atoms with Crippen LogP contribution in [0.3, 0.4) is 0 Å². The van der Waals surface area contributed by atoms with Gasteiger partial charge in [-0.3, -0.25) is 24.1 Å². The molecule has 7 heteroatoms. The van der Waals surface area contributed by atoms with Gasteiger partial charge >= 0.3 is 0 Å². The van der Waals surface area contributed by atoms with Crippen LogP contribution in [0, 0.1) is 37.5 Å². The molecule has 0 unspecified atom stereocenters. The summed E-state index contributed by atoms with van der Waals surface area (Å²) in [5.41, 5.74) is 5.13. The molecular formula is C32H31N3O4. The second kappa shape index (κ2) is 9.80. The Morgan fingerprint density at radius 2 is 1.49 bits per heavy atom. The average Bonchev–Trinajstić information content (AvgIpc) is 3.60. The van der Waals surface area contributed by atoms with Crippen LogP contribution < -0.4 is 10.6 Å². The van der Waals surface area contributed by atoms with Crippen LogP contribution in [0.1, 0.15) is 45.8 Å². The van der Waals surface area contributed by atoms with E-state index in [1.54, 1.807) is 24.3 Å². The van der Waals surface area contributed by atoms with E-state index in [-0.39, 0.29) is 53.9 Å². The van der Waals surface area contributed by atoms with Crippen LogP contribution in [0.15, 0.2) is 72.8 Å². The number of aryl methyl sites for hydroxylation is 2. The van der Waals surface area contributed by atoms with Gasteiger partial charge in [0.15, 0.2) is 0 Å². The first kappa shape index (κ1) is 25.0. The van der Waals surface area contributed by atoms with Gasteiger partial charge in [0.1, 0.15) is 6.54 Å². The van der Waals surface area contributed by atoms with Crippen molar-refractivity contribution in [3.05, 3.63) is 95.1 Å². The van der Waals surface area contributed by atoms with E-state index in [0.29, 0.717) is 16.9 Å². The number of rotatable bonds is 6. The molecule has 3 aromatic rings. The van der Waals surface area contributed by atoms with Crippen LogP contribution in [-0.2, 0) is 14.4 Å². The molecule has 2 N–H and O–H groups in total. The molecule has 7 nitrogen and oxygen atoms in total. The third kappa shape index (κ3) is 4.52. The number of nitrogens with one attached hydrogen (secondary N) is 2. The van der Waals surface area contributed by atoms with Crippen LogP contribution in [0.5, 0.6) is 0 Å². The minimum atomic E-state index is -0.434. The summed E-state index contributed by atoms with van der Waals surface area (Å²) in [6, 6.07) is 22.5. The molecule has 3 aromatic carbocycles. The summed E-state index contributed by atoms with van der Waals surface area (Å²) in [7, 11) is 0. The van der Waals surface area contributed by atoms with Crippen molar-refractivity contribution >= 4 is 35.0 Å². The smallest absolute Gasteiger partial charge is 0.255 e. The number of carbonyl (C=O) groups excluding carboxylic acids is 4. The maximum Gasteiger partial charge on any atom is 0.255 e. The molecule has 6 rings (SSSR count). The van der Waals surface area contributed by atoms with E-state index in [0.717, 1.165) is 28.9 Å². The van der Waals surface area contributed by atoms with Crippen LogP contribution in [-0.4, -0.2) is 35.1 Å². The number of benzene rings is 3. The van der Waals surface area contributed by atoms with Gasteiger partial charge in [0.2, 0.25) is 17.7 Å². The molecule has 2 bridgehead atoms. The van der Waals surface area contributed by atoms with Gasteiger partial charge in [0.25, 0.3) is 5.91 Å². The van der Waals surface area contributed by atoms with Gasteiger partial charge in [-0.05, 0) is 97.5 Å².